The molecule has 0 bridgehead atoms. The molecule has 1 aliphatic rings. The number of benzene rings is 2. The Balaban J connectivity index is 1.59. The third-order valence-corrected chi connectivity index (χ3v) is 6.83. The minimum atomic E-state index is -0.113. The van der Waals surface area contributed by atoms with Crippen LogP contribution in [0.2, 0.25) is 0 Å². The topological polar surface area (TPSA) is 69.7 Å². The van der Waals surface area contributed by atoms with Crippen LogP contribution in [-0.2, 0) is 4.79 Å². The smallest absolute Gasteiger partial charge is 0.228 e. The van der Waals surface area contributed by atoms with Gasteiger partial charge in [0, 0.05) is 29.7 Å². The molecule has 2 atom stereocenters. The van der Waals surface area contributed by atoms with E-state index in [1.165, 1.54) is 4.70 Å². The van der Waals surface area contributed by atoms with E-state index in [-0.39, 0.29) is 17.7 Å². The molecule has 1 amide bonds. The lowest BCUT2D eigenvalue weighted by Crippen LogP contribution is -2.30. The van der Waals surface area contributed by atoms with Crippen LogP contribution >= 0.6 is 11.3 Å². The first kappa shape index (κ1) is 20.5. The molecule has 1 aliphatic carbocycles. The second-order valence-electron chi connectivity index (χ2n) is 7.42. The number of nitrogens with one attached hydrogen (secondary N) is 1. The van der Waals surface area contributed by atoms with Gasteiger partial charge in [-0.25, -0.2) is 4.98 Å². The number of nitrogens with zero attached hydrogens (tertiary/aromatic N) is 1. The molecule has 30 heavy (non-hydrogen) atoms. The first-order chi connectivity index (χ1) is 14.6. The quantitative estimate of drug-likeness (QED) is 0.584. The highest BCUT2D eigenvalue weighted by atomic mass is 32.1. The maximum absolute atomic E-state index is 13.3. The highest BCUT2D eigenvalue weighted by Gasteiger charge is 2.34. The van der Waals surface area contributed by atoms with E-state index in [0.717, 1.165) is 36.2 Å². The number of aromatic nitrogens is 1. The Morgan fingerprint density at radius 2 is 1.73 bits per heavy atom. The highest BCUT2D eigenvalue weighted by molar-refractivity contribution is 7.18. The maximum atomic E-state index is 13.3. The van der Waals surface area contributed by atoms with Gasteiger partial charge in [-0.2, -0.15) is 0 Å². The second kappa shape index (κ2) is 8.92. The second-order valence-corrected chi connectivity index (χ2v) is 8.48. The molecule has 1 saturated carbocycles. The van der Waals surface area contributed by atoms with Gasteiger partial charge in [0.15, 0.2) is 11.5 Å². The average molecular weight is 427 g/mol. The van der Waals surface area contributed by atoms with Crippen molar-refractivity contribution in [3.63, 3.8) is 0 Å². The molecule has 158 valence electrons. The Bertz CT molecular complexity index is 991. The first-order valence-corrected chi connectivity index (χ1v) is 10.9. The Morgan fingerprint density at radius 3 is 2.40 bits per heavy atom. The Hall–Kier alpha value is -2.80. The summed E-state index contributed by atoms with van der Waals surface area (Å²) in [4.78, 5) is 18.1. The van der Waals surface area contributed by atoms with E-state index in [4.69, 9.17) is 19.2 Å². The number of methoxy groups -OCH3 is 3. The largest absolute Gasteiger partial charge is 0.493 e. The minimum Gasteiger partial charge on any atom is -0.493 e. The number of para-hydroxylation sites is 1. The van der Waals surface area contributed by atoms with Crippen molar-refractivity contribution in [2.75, 3.05) is 26.6 Å². The summed E-state index contributed by atoms with van der Waals surface area (Å²) in [5.41, 5.74) is 1.63. The molecular weight excluding hydrogens is 400 g/mol. The summed E-state index contributed by atoms with van der Waals surface area (Å²) in [5, 5.41) is 4.12. The monoisotopic (exact) mass is 426 g/mol. The first-order valence-electron chi connectivity index (χ1n) is 10.1. The van der Waals surface area contributed by atoms with Crippen LogP contribution < -0.4 is 19.5 Å². The van der Waals surface area contributed by atoms with Crippen LogP contribution in [0.25, 0.3) is 10.2 Å². The van der Waals surface area contributed by atoms with Crippen molar-refractivity contribution < 1.29 is 19.0 Å². The highest BCUT2D eigenvalue weighted by Crippen LogP contribution is 2.43. The number of anilines is 1. The third kappa shape index (κ3) is 3.94. The normalized spacial score (nSPS) is 18.8. The summed E-state index contributed by atoms with van der Waals surface area (Å²) >= 11 is 1.70. The van der Waals surface area contributed by atoms with E-state index in [2.05, 4.69) is 11.4 Å². The van der Waals surface area contributed by atoms with Gasteiger partial charge in [0.1, 0.15) is 0 Å². The Kier molecular flexibility index (Phi) is 6.08. The molecule has 6 nitrogen and oxygen atoms in total. The molecule has 2 aromatic carbocycles. The maximum Gasteiger partial charge on any atom is 0.228 e. The van der Waals surface area contributed by atoms with Gasteiger partial charge in [0.05, 0.1) is 36.6 Å². The lowest BCUT2D eigenvalue weighted by molar-refractivity contribution is -0.121. The Morgan fingerprint density at radius 1 is 1.03 bits per heavy atom. The lowest BCUT2D eigenvalue weighted by atomic mass is 9.79. The fourth-order valence-electron chi connectivity index (χ4n) is 4.18. The van der Waals surface area contributed by atoms with Gasteiger partial charge < -0.3 is 19.5 Å². The zero-order chi connectivity index (χ0) is 21.1. The molecule has 0 saturated heterocycles. The summed E-state index contributed by atoms with van der Waals surface area (Å²) in [5.74, 6) is 1.56. The SMILES string of the molecule is COc1cc(NC(=O)[C@H]2CCCC[C@@H]2c2nc3ccccc3s2)cc(OC)c1OC. The molecule has 7 heteroatoms. The number of carbonyl (C=O) groups is 1. The van der Waals surface area contributed by atoms with E-state index in [1.807, 2.05) is 18.2 Å². The van der Waals surface area contributed by atoms with Crippen molar-refractivity contribution in [2.24, 2.45) is 5.92 Å². The fourth-order valence-corrected chi connectivity index (χ4v) is 5.34. The van der Waals surface area contributed by atoms with Crippen LogP contribution in [0, 0.1) is 5.92 Å². The molecule has 3 aromatic rings. The van der Waals surface area contributed by atoms with Gasteiger partial charge in [-0.15, -0.1) is 11.3 Å². The number of thiazole rings is 1. The van der Waals surface area contributed by atoms with Crippen LogP contribution in [0.1, 0.15) is 36.6 Å². The van der Waals surface area contributed by atoms with E-state index < -0.39 is 0 Å². The van der Waals surface area contributed by atoms with Crippen molar-refractivity contribution in [2.45, 2.75) is 31.6 Å². The van der Waals surface area contributed by atoms with Gasteiger partial charge >= 0.3 is 0 Å². The summed E-state index contributed by atoms with van der Waals surface area (Å²) in [6, 6.07) is 11.7. The van der Waals surface area contributed by atoms with Gasteiger partial charge in [0.25, 0.3) is 0 Å². The van der Waals surface area contributed by atoms with Crippen molar-refractivity contribution in [1.29, 1.82) is 0 Å². The Labute approximate surface area is 180 Å². The number of hydrogen-bond donors (Lipinski definition) is 1. The van der Waals surface area contributed by atoms with Crippen LogP contribution in [-0.4, -0.2) is 32.2 Å². The number of fused-ring (bicyclic) bond motifs is 1. The van der Waals surface area contributed by atoms with E-state index in [9.17, 15) is 4.79 Å². The molecule has 4 rings (SSSR count). The predicted molar refractivity (Wildman–Crippen MR) is 119 cm³/mol. The average Bonchev–Trinajstić information content (AvgIpc) is 3.22. The standard InChI is InChI=1S/C23H26N2O4S/c1-27-18-12-14(13-19(28-2)21(18)29-3)24-22(26)15-8-4-5-9-16(15)23-25-17-10-6-7-11-20(17)30-23/h6-7,10-13,15-16H,4-5,8-9H2,1-3H3,(H,24,26)/t15-,16-/m0/s1. The van der Waals surface area contributed by atoms with Crippen molar-refractivity contribution in [1.82, 2.24) is 4.98 Å². The van der Waals surface area contributed by atoms with Crippen molar-refractivity contribution >= 4 is 33.1 Å². The molecular formula is C23H26N2O4S. The molecule has 1 fully saturated rings. The summed E-state index contributed by atoms with van der Waals surface area (Å²) in [6.45, 7) is 0. The zero-order valence-electron chi connectivity index (χ0n) is 17.4. The number of hydrogen-bond acceptors (Lipinski definition) is 6. The number of amides is 1. The fraction of sp³-hybridized carbons (Fsp3) is 0.391. The molecule has 0 spiro atoms. The van der Waals surface area contributed by atoms with Crippen LogP contribution in [0.5, 0.6) is 17.2 Å². The predicted octanol–water partition coefficient (Wildman–Crippen LogP) is 5.23. The molecule has 1 aromatic heterocycles. The number of rotatable bonds is 6. The molecule has 0 unspecified atom stereocenters. The molecule has 1 N–H and O–H groups in total. The molecule has 0 aliphatic heterocycles. The lowest BCUT2D eigenvalue weighted by Gasteiger charge is -2.29. The summed E-state index contributed by atoms with van der Waals surface area (Å²) in [7, 11) is 4.68. The van der Waals surface area contributed by atoms with Crippen LogP contribution in [0.4, 0.5) is 5.69 Å². The summed E-state index contributed by atoms with van der Waals surface area (Å²) in [6.07, 6.45) is 4.01. The van der Waals surface area contributed by atoms with E-state index in [1.54, 1.807) is 44.8 Å². The summed E-state index contributed by atoms with van der Waals surface area (Å²) < 4.78 is 17.3. The van der Waals surface area contributed by atoms with Crippen LogP contribution in [0.3, 0.4) is 0 Å². The number of ether oxygens (including phenoxy) is 3. The third-order valence-electron chi connectivity index (χ3n) is 5.66. The van der Waals surface area contributed by atoms with Crippen molar-refractivity contribution in [3.8, 4) is 17.2 Å². The minimum absolute atomic E-state index is 0.00762. The zero-order valence-corrected chi connectivity index (χ0v) is 18.3. The van der Waals surface area contributed by atoms with Gasteiger partial charge in [0.2, 0.25) is 11.7 Å². The van der Waals surface area contributed by atoms with Crippen LogP contribution in [0.15, 0.2) is 36.4 Å². The molecule has 1 heterocycles. The van der Waals surface area contributed by atoms with E-state index >= 15 is 0 Å². The van der Waals surface area contributed by atoms with Gasteiger partial charge in [-0.3, -0.25) is 4.79 Å². The van der Waals surface area contributed by atoms with Crippen molar-refractivity contribution in [3.05, 3.63) is 41.4 Å². The molecule has 0 radical (unpaired) electrons. The van der Waals surface area contributed by atoms with Gasteiger partial charge in [-0.05, 0) is 25.0 Å². The number of carbonyl (C=O) groups excluding carboxylic acids is 1. The van der Waals surface area contributed by atoms with Gasteiger partial charge in [-0.1, -0.05) is 25.0 Å². The van der Waals surface area contributed by atoms with E-state index in [0.29, 0.717) is 22.9 Å².